The summed E-state index contributed by atoms with van der Waals surface area (Å²) in [5.41, 5.74) is 0.817. The van der Waals surface area contributed by atoms with Crippen molar-refractivity contribution in [3.63, 3.8) is 0 Å². The molecule has 0 unspecified atom stereocenters. The van der Waals surface area contributed by atoms with Crippen molar-refractivity contribution in [2.24, 2.45) is 0 Å². The summed E-state index contributed by atoms with van der Waals surface area (Å²) in [7, 11) is 0. The maximum atomic E-state index is 9.19. The summed E-state index contributed by atoms with van der Waals surface area (Å²) in [5, 5.41) is 13.1. The van der Waals surface area contributed by atoms with E-state index in [2.05, 4.69) is 17.1 Å². The second-order valence-electron chi connectivity index (χ2n) is 3.92. The van der Waals surface area contributed by atoms with Crippen molar-refractivity contribution < 1.29 is 14.4 Å². The Morgan fingerprint density at radius 2 is 2.00 bits per heavy atom. The molecule has 2 aromatic rings. The molecule has 96 valence electrons. The lowest BCUT2D eigenvalue weighted by Gasteiger charge is -1.97. The van der Waals surface area contributed by atoms with E-state index in [0.717, 1.165) is 18.6 Å². The standard InChI is InChI=1S/C13H16N2O3/c1-2-8-17-9-7-12-14-13(15-18-12)10-3-5-11(16)6-4-10/h3-6,16H,2,7-9H2,1H3. The van der Waals surface area contributed by atoms with E-state index in [9.17, 15) is 5.11 Å². The third-order valence-electron chi connectivity index (χ3n) is 2.40. The molecule has 2 rings (SSSR count). The molecule has 0 atom stereocenters. The summed E-state index contributed by atoms with van der Waals surface area (Å²) < 4.78 is 10.5. The number of nitrogens with zero attached hydrogens (tertiary/aromatic N) is 2. The van der Waals surface area contributed by atoms with Gasteiger partial charge in [-0.15, -0.1) is 0 Å². The van der Waals surface area contributed by atoms with E-state index in [1.807, 2.05) is 0 Å². The lowest BCUT2D eigenvalue weighted by molar-refractivity contribution is 0.132. The van der Waals surface area contributed by atoms with Gasteiger partial charge >= 0.3 is 0 Å². The van der Waals surface area contributed by atoms with Crippen LogP contribution in [-0.4, -0.2) is 28.5 Å². The molecule has 1 N–H and O–H groups in total. The predicted octanol–water partition coefficient (Wildman–Crippen LogP) is 2.41. The Morgan fingerprint density at radius 1 is 1.22 bits per heavy atom. The van der Waals surface area contributed by atoms with Crippen molar-refractivity contribution in [3.8, 4) is 17.1 Å². The molecule has 1 aromatic carbocycles. The number of rotatable bonds is 6. The Balaban J connectivity index is 1.95. The summed E-state index contributed by atoms with van der Waals surface area (Å²) in [5.74, 6) is 1.31. The highest BCUT2D eigenvalue weighted by molar-refractivity contribution is 5.55. The van der Waals surface area contributed by atoms with Crippen molar-refractivity contribution in [3.05, 3.63) is 30.2 Å². The number of benzene rings is 1. The summed E-state index contributed by atoms with van der Waals surface area (Å²) in [6, 6.07) is 6.68. The van der Waals surface area contributed by atoms with E-state index in [0.29, 0.717) is 24.7 Å². The smallest absolute Gasteiger partial charge is 0.229 e. The van der Waals surface area contributed by atoms with E-state index in [1.54, 1.807) is 24.3 Å². The second kappa shape index (κ2) is 6.16. The molecule has 18 heavy (non-hydrogen) atoms. The highest BCUT2D eigenvalue weighted by Gasteiger charge is 2.08. The summed E-state index contributed by atoms with van der Waals surface area (Å²) in [4.78, 5) is 4.27. The SMILES string of the molecule is CCCOCCc1nc(-c2ccc(O)cc2)no1. The minimum Gasteiger partial charge on any atom is -0.508 e. The molecule has 0 radical (unpaired) electrons. The lowest BCUT2D eigenvalue weighted by atomic mass is 10.2. The van der Waals surface area contributed by atoms with Crippen molar-refractivity contribution >= 4 is 0 Å². The predicted molar refractivity (Wildman–Crippen MR) is 66.2 cm³/mol. The second-order valence-corrected chi connectivity index (χ2v) is 3.92. The zero-order valence-corrected chi connectivity index (χ0v) is 10.3. The third kappa shape index (κ3) is 3.30. The number of ether oxygens (including phenoxy) is 1. The minimum absolute atomic E-state index is 0.218. The van der Waals surface area contributed by atoms with Crippen LogP contribution in [-0.2, 0) is 11.2 Å². The summed E-state index contributed by atoms with van der Waals surface area (Å²) in [6.07, 6.45) is 1.62. The van der Waals surface area contributed by atoms with Crippen LogP contribution in [0.4, 0.5) is 0 Å². The molecule has 0 saturated carbocycles. The molecule has 0 bridgehead atoms. The molecule has 0 spiro atoms. The first kappa shape index (κ1) is 12.6. The topological polar surface area (TPSA) is 68.4 Å². The van der Waals surface area contributed by atoms with Crippen molar-refractivity contribution in [1.29, 1.82) is 0 Å². The first-order valence-electron chi connectivity index (χ1n) is 5.99. The van der Waals surface area contributed by atoms with Crippen LogP contribution >= 0.6 is 0 Å². The van der Waals surface area contributed by atoms with E-state index in [4.69, 9.17) is 9.26 Å². The van der Waals surface area contributed by atoms with E-state index >= 15 is 0 Å². The van der Waals surface area contributed by atoms with Crippen LogP contribution in [0.25, 0.3) is 11.4 Å². The van der Waals surface area contributed by atoms with Crippen LogP contribution in [0.3, 0.4) is 0 Å². The first-order valence-corrected chi connectivity index (χ1v) is 5.99. The molecular weight excluding hydrogens is 232 g/mol. The van der Waals surface area contributed by atoms with Crippen LogP contribution in [0.2, 0.25) is 0 Å². The fraction of sp³-hybridized carbons (Fsp3) is 0.385. The molecule has 5 nitrogen and oxygen atoms in total. The summed E-state index contributed by atoms with van der Waals surface area (Å²) in [6.45, 7) is 3.40. The molecule has 0 aliphatic rings. The van der Waals surface area contributed by atoms with Gasteiger partial charge in [0.25, 0.3) is 0 Å². The number of phenols is 1. The largest absolute Gasteiger partial charge is 0.508 e. The van der Waals surface area contributed by atoms with Crippen LogP contribution < -0.4 is 0 Å². The van der Waals surface area contributed by atoms with Crippen LogP contribution in [0, 0.1) is 0 Å². The minimum atomic E-state index is 0.218. The van der Waals surface area contributed by atoms with Gasteiger partial charge in [-0.2, -0.15) is 4.98 Å². The lowest BCUT2D eigenvalue weighted by Crippen LogP contribution is -1.99. The number of hydrogen-bond acceptors (Lipinski definition) is 5. The van der Waals surface area contributed by atoms with Gasteiger partial charge in [0.1, 0.15) is 5.75 Å². The molecule has 0 amide bonds. The normalized spacial score (nSPS) is 10.7. The molecule has 1 heterocycles. The zero-order valence-electron chi connectivity index (χ0n) is 10.3. The van der Waals surface area contributed by atoms with Gasteiger partial charge in [-0.25, -0.2) is 0 Å². The van der Waals surface area contributed by atoms with Gasteiger partial charge < -0.3 is 14.4 Å². The van der Waals surface area contributed by atoms with Gasteiger partial charge in [-0.05, 0) is 30.7 Å². The average molecular weight is 248 g/mol. The maximum absolute atomic E-state index is 9.19. The van der Waals surface area contributed by atoms with Crippen molar-refractivity contribution in [2.45, 2.75) is 19.8 Å². The number of phenolic OH excluding ortho intramolecular Hbond substituents is 1. The van der Waals surface area contributed by atoms with Gasteiger partial charge in [0, 0.05) is 12.2 Å². The van der Waals surface area contributed by atoms with Crippen molar-refractivity contribution in [1.82, 2.24) is 10.1 Å². The molecule has 0 saturated heterocycles. The monoisotopic (exact) mass is 248 g/mol. The van der Waals surface area contributed by atoms with Crippen molar-refractivity contribution in [2.75, 3.05) is 13.2 Å². The Bertz CT molecular complexity index is 479. The third-order valence-corrected chi connectivity index (χ3v) is 2.40. The highest BCUT2D eigenvalue weighted by atomic mass is 16.5. The summed E-state index contributed by atoms with van der Waals surface area (Å²) >= 11 is 0. The average Bonchev–Trinajstić information content (AvgIpc) is 2.84. The Labute approximate surface area is 105 Å². The van der Waals surface area contributed by atoms with Gasteiger partial charge in [0.05, 0.1) is 13.0 Å². The number of hydrogen-bond donors (Lipinski definition) is 1. The van der Waals surface area contributed by atoms with Gasteiger partial charge in [0.15, 0.2) is 0 Å². The zero-order chi connectivity index (χ0) is 12.8. The van der Waals surface area contributed by atoms with Gasteiger partial charge in [-0.1, -0.05) is 12.1 Å². The van der Waals surface area contributed by atoms with E-state index in [-0.39, 0.29) is 5.75 Å². The molecule has 0 aliphatic heterocycles. The fourth-order valence-corrected chi connectivity index (χ4v) is 1.49. The quantitative estimate of drug-likeness (QED) is 0.795. The maximum Gasteiger partial charge on any atom is 0.229 e. The Morgan fingerprint density at radius 3 is 2.72 bits per heavy atom. The number of aromatic hydroxyl groups is 1. The van der Waals surface area contributed by atoms with Crippen LogP contribution in [0.5, 0.6) is 5.75 Å². The van der Waals surface area contributed by atoms with E-state index in [1.165, 1.54) is 0 Å². The molecule has 0 aliphatic carbocycles. The highest BCUT2D eigenvalue weighted by Crippen LogP contribution is 2.18. The number of aromatic nitrogens is 2. The first-order chi connectivity index (χ1) is 8.79. The van der Waals surface area contributed by atoms with Crippen LogP contribution in [0.15, 0.2) is 28.8 Å². The molecule has 0 fully saturated rings. The Kier molecular flexibility index (Phi) is 4.30. The molecule has 1 aromatic heterocycles. The molecular formula is C13H16N2O3. The Hall–Kier alpha value is -1.88. The van der Waals surface area contributed by atoms with Gasteiger partial charge in [-0.3, -0.25) is 0 Å². The molecule has 5 heteroatoms. The van der Waals surface area contributed by atoms with Gasteiger partial charge in [0.2, 0.25) is 11.7 Å². The fourth-order valence-electron chi connectivity index (χ4n) is 1.49. The van der Waals surface area contributed by atoms with E-state index < -0.39 is 0 Å². The van der Waals surface area contributed by atoms with Crippen LogP contribution in [0.1, 0.15) is 19.2 Å².